The molecule has 4 rings (SSSR count). The summed E-state index contributed by atoms with van der Waals surface area (Å²) in [5, 5.41) is 24.9. The van der Waals surface area contributed by atoms with Crippen LogP contribution in [0, 0.1) is 11.3 Å². The number of rotatable bonds is 3. The van der Waals surface area contributed by atoms with E-state index in [0.29, 0.717) is 24.7 Å². The molecule has 3 aromatic rings. The predicted molar refractivity (Wildman–Crippen MR) is 82.0 cm³/mol. The molecule has 0 unspecified atom stereocenters. The lowest BCUT2D eigenvalue weighted by molar-refractivity contribution is 0.491. The maximum Gasteiger partial charge on any atom is 0.270 e. The van der Waals surface area contributed by atoms with Crippen molar-refractivity contribution in [2.45, 2.75) is 5.92 Å². The number of nitrogens with zero attached hydrogens (tertiary/aromatic N) is 6. The zero-order valence-corrected chi connectivity index (χ0v) is 12.5. The van der Waals surface area contributed by atoms with E-state index in [1.807, 2.05) is 28.5 Å². The largest absolute Gasteiger partial charge is 0.341 e. The van der Waals surface area contributed by atoms with Gasteiger partial charge in [0.15, 0.2) is 5.82 Å². The van der Waals surface area contributed by atoms with E-state index in [1.165, 1.54) is 11.3 Å². The van der Waals surface area contributed by atoms with Gasteiger partial charge in [-0.25, -0.2) is 10.1 Å². The zero-order valence-electron chi connectivity index (χ0n) is 11.7. The standard InChI is InChI=1S/C13H10N8OS/c14-4-8-10(9-2-1-3-23-9)15-13(16-12(8)22)21-5-7(6-21)11-17-19-20-18-11/h1-3,7H,5-6H2,(H,15,16,22)(H,17,18,19,20). The Hall–Kier alpha value is -3.06. The van der Waals surface area contributed by atoms with Crippen molar-refractivity contribution in [3.63, 3.8) is 0 Å². The summed E-state index contributed by atoms with van der Waals surface area (Å²) in [4.78, 5) is 22.0. The molecule has 1 saturated heterocycles. The second kappa shape index (κ2) is 5.29. The molecule has 0 spiro atoms. The van der Waals surface area contributed by atoms with E-state index in [9.17, 15) is 10.1 Å². The van der Waals surface area contributed by atoms with Gasteiger partial charge in [0.2, 0.25) is 5.95 Å². The second-order valence-electron chi connectivity index (χ2n) is 5.09. The van der Waals surface area contributed by atoms with Gasteiger partial charge in [-0.2, -0.15) is 5.26 Å². The Balaban J connectivity index is 1.66. The van der Waals surface area contributed by atoms with Crippen molar-refractivity contribution in [1.29, 1.82) is 5.26 Å². The average molecular weight is 326 g/mol. The van der Waals surface area contributed by atoms with E-state index >= 15 is 0 Å². The van der Waals surface area contributed by atoms with E-state index in [0.717, 1.165) is 10.7 Å². The highest BCUT2D eigenvalue weighted by Crippen LogP contribution is 2.30. The molecule has 4 heterocycles. The molecule has 1 aliphatic rings. The van der Waals surface area contributed by atoms with Crippen LogP contribution in [0.3, 0.4) is 0 Å². The van der Waals surface area contributed by atoms with Gasteiger partial charge >= 0.3 is 0 Å². The Morgan fingerprint density at radius 3 is 2.96 bits per heavy atom. The lowest BCUT2D eigenvalue weighted by Gasteiger charge is -2.38. The molecule has 0 saturated carbocycles. The molecule has 1 fully saturated rings. The summed E-state index contributed by atoms with van der Waals surface area (Å²) in [7, 11) is 0. The van der Waals surface area contributed by atoms with E-state index < -0.39 is 5.56 Å². The van der Waals surface area contributed by atoms with Crippen molar-refractivity contribution in [2.24, 2.45) is 0 Å². The molecule has 10 heteroatoms. The maximum atomic E-state index is 12.2. The highest BCUT2D eigenvalue weighted by atomic mass is 32.1. The van der Waals surface area contributed by atoms with E-state index in [4.69, 9.17) is 0 Å². The molecule has 0 aromatic carbocycles. The summed E-state index contributed by atoms with van der Waals surface area (Å²) in [5.74, 6) is 1.35. The first kappa shape index (κ1) is 13.6. The number of anilines is 1. The number of aromatic nitrogens is 6. The lowest BCUT2D eigenvalue weighted by Crippen LogP contribution is -2.47. The molecule has 9 nitrogen and oxygen atoms in total. The third kappa shape index (κ3) is 2.27. The number of H-pyrrole nitrogens is 2. The molecule has 0 aliphatic carbocycles. The zero-order chi connectivity index (χ0) is 15.8. The predicted octanol–water partition coefficient (Wildman–Crippen LogP) is 0.487. The van der Waals surface area contributed by atoms with Gasteiger partial charge in [0.05, 0.1) is 10.8 Å². The monoisotopic (exact) mass is 326 g/mol. The summed E-state index contributed by atoms with van der Waals surface area (Å²) >= 11 is 1.44. The maximum absolute atomic E-state index is 12.2. The van der Waals surface area contributed by atoms with Crippen LogP contribution in [0.4, 0.5) is 5.95 Å². The van der Waals surface area contributed by atoms with Crippen molar-refractivity contribution in [3.8, 4) is 16.6 Å². The molecule has 2 N–H and O–H groups in total. The Kier molecular flexibility index (Phi) is 3.13. The van der Waals surface area contributed by atoms with Gasteiger partial charge in [-0.05, 0) is 21.9 Å². The molecule has 0 bridgehead atoms. The van der Waals surface area contributed by atoms with Crippen molar-refractivity contribution in [1.82, 2.24) is 30.6 Å². The van der Waals surface area contributed by atoms with Crippen LogP contribution < -0.4 is 10.5 Å². The van der Waals surface area contributed by atoms with Crippen molar-refractivity contribution in [3.05, 3.63) is 39.3 Å². The third-order valence-electron chi connectivity index (χ3n) is 3.70. The van der Waals surface area contributed by atoms with E-state index in [-0.39, 0.29) is 11.5 Å². The fourth-order valence-electron chi connectivity index (χ4n) is 2.47. The highest BCUT2D eigenvalue weighted by molar-refractivity contribution is 7.13. The van der Waals surface area contributed by atoms with Crippen molar-refractivity contribution in [2.75, 3.05) is 18.0 Å². The molecular formula is C13H10N8OS. The first-order chi connectivity index (χ1) is 11.3. The molecule has 3 aromatic heterocycles. The van der Waals surface area contributed by atoms with Crippen LogP contribution in [0.2, 0.25) is 0 Å². The Morgan fingerprint density at radius 1 is 1.43 bits per heavy atom. The third-order valence-corrected chi connectivity index (χ3v) is 4.58. The normalized spacial score (nSPS) is 14.5. The smallest absolute Gasteiger partial charge is 0.270 e. The van der Waals surface area contributed by atoms with Gasteiger partial charge in [-0.15, -0.1) is 16.4 Å². The van der Waals surface area contributed by atoms with Gasteiger partial charge in [0.1, 0.15) is 17.3 Å². The fourth-order valence-corrected chi connectivity index (χ4v) is 3.19. The SMILES string of the molecule is N#Cc1c(-c2cccs2)nc(N2CC(c3nnn[nH]3)C2)[nH]c1=O. The summed E-state index contributed by atoms with van der Waals surface area (Å²) in [6.45, 7) is 1.30. The Bertz CT molecular complexity index is 918. The van der Waals surface area contributed by atoms with Crippen LogP contribution in [-0.4, -0.2) is 43.7 Å². The van der Waals surface area contributed by atoms with Gasteiger partial charge in [-0.1, -0.05) is 6.07 Å². The van der Waals surface area contributed by atoms with Crippen LogP contribution in [-0.2, 0) is 0 Å². The molecule has 114 valence electrons. The number of aromatic amines is 2. The number of hydrogen-bond acceptors (Lipinski definition) is 8. The number of hydrogen-bond donors (Lipinski definition) is 2. The second-order valence-corrected chi connectivity index (χ2v) is 6.04. The fraction of sp³-hybridized carbons (Fsp3) is 0.231. The lowest BCUT2D eigenvalue weighted by atomic mass is 10.0. The van der Waals surface area contributed by atoms with Gasteiger partial charge in [0.25, 0.3) is 5.56 Å². The summed E-state index contributed by atoms with van der Waals surface area (Å²) in [6, 6.07) is 5.64. The highest BCUT2D eigenvalue weighted by Gasteiger charge is 2.33. The topological polar surface area (TPSA) is 127 Å². The molecule has 1 aliphatic heterocycles. The van der Waals surface area contributed by atoms with Crippen LogP contribution in [0.25, 0.3) is 10.6 Å². The summed E-state index contributed by atoms with van der Waals surface area (Å²) in [6.07, 6.45) is 0. The first-order valence-electron chi connectivity index (χ1n) is 6.83. The number of tetrazole rings is 1. The molecule has 0 amide bonds. The van der Waals surface area contributed by atoms with Gasteiger partial charge < -0.3 is 4.90 Å². The number of nitrogens with one attached hydrogen (secondary N) is 2. The average Bonchev–Trinajstić information content (AvgIpc) is 3.19. The number of thiophene rings is 1. The minimum atomic E-state index is -0.425. The summed E-state index contributed by atoms with van der Waals surface area (Å²) < 4.78 is 0. The van der Waals surface area contributed by atoms with Gasteiger partial charge in [-0.3, -0.25) is 9.78 Å². The van der Waals surface area contributed by atoms with Crippen LogP contribution in [0.1, 0.15) is 17.3 Å². The quantitative estimate of drug-likeness (QED) is 0.716. The van der Waals surface area contributed by atoms with E-state index in [1.54, 1.807) is 0 Å². The van der Waals surface area contributed by atoms with Crippen molar-refractivity contribution >= 4 is 17.3 Å². The minimum Gasteiger partial charge on any atom is -0.341 e. The Morgan fingerprint density at radius 2 is 2.30 bits per heavy atom. The number of nitriles is 1. The van der Waals surface area contributed by atoms with Crippen LogP contribution >= 0.6 is 11.3 Å². The van der Waals surface area contributed by atoms with Gasteiger partial charge in [0, 0.05) is 13.1 Å². The van der Waals surface area contributed by atoms with Crippen LogP contribution in [0.5, 0.6) is 0 Å². The summed E-state index contributed by atoms with van der Waals surface area (Å²) in [5.41, 5.74) is 0.0319. The van der Waals surface area contributed by atoms with Crippen LogP contribution in [0.15, 0.2) is 22.3 Å². The Labute approximate surface area is 133 Å². The first-order valence-corrected chi connectivity index (χ1v) is 7.71. The molecule has 23 heavy (non-hydrogen) atoms. The van der Waals surface area contributed by atoms with Crippen molar-refractivity contribution < 1.29 is 0 Å². The molecule has 0 atom stereocenters. The molecular weight excluding hydrogens is 316 g/mol. The minimum absolute atomic E-state index is 0.0349. The molecule has 0 radical (unpaired) electrons. The van der Waals surface area contributed by atoms with E-state index in [2.05, 4.69) is 30.6 Å².